The SMILES string of the molecule is Cc1cc(-c2cccc(C=O)c2)on1. The molecule has 0 spiro atoms. The summed E-state index contributed by atoms with van der Waals surface area (Å²) >= 11 is 0. The fourth-order valence-electron chi connectivity index (χ4n) is 1.26. The van der Waals surface area contributed by atoms with E-state index in [0.717, 1.165) is 17.5 Å². The van der Waals surface area contributed by atoms with Crippen molar-refractivity contribution in [3.8, 4) is 11.3 Å². The first-order valence-corrected chi connectivity index (χ1v) is 4.28. The second kappa shape index (κ2) is 3.46. The minimum atomic E-state index is 0.636. The standard InChI is InChI=1S/C11H9NO2/c1-8-5-11(14-12-8)10-4-2-3-9(6-10)7-13/h2-7H,1H3. The molecule has 2 rings (SSSR count). The Morgan fingerprint density at radius 3 is 2.86 bits per heavy atom. The van der Waals surface area contributed by atoms with Crippen molar-refractivity contribution in [1.29, 1.82) is 0 Å². The third-order valence-corrected chi connectivity index (χ3v) is 1.94. The molecule has 3 heteroatoms. The lowest BCUT2D eigenvalue weighted by Crippen LogP contribution is -1.80. The van der Waals surface area contributed by atoms with Crippen molar-refractivity contribution in [1.82, 2.24) is 5.16 Å². The summed E-state index contributed by atoms with van der Waals surface area (Å²) in [7, 11) is 0. The molecule has 0 amide bonds. The number of hydrogen-bond acceptors (Lipinski definition) is 3. The molecule has 2 aromatic rings. The van der Waals surface area contributed by atoms with Gasteiger partial charge in [0.25, 0.3) is 0 Å². The Morgan fingerprint density at radius 1 is 1.36 bits per heavy atom. The van der Waals surface area contributed by atoms with E-state index in [2.05, 4.69) is 5.16 Å². The minimum Gasteiger partial charge on any atom is -0.356 e. The van der Waals surface area contributed by atoms with Crippen LogP contribution in [-0.2, 0) is 0 Å². The molecule has 0 unspecified atom stereocenters. The van der Waals surface area contributed by atoms with Gasteiger partial charge in [-0.2, -0.15) is 0 Å². The zero-order chi connectivity index (χ0) is 9.97. The minimum absolute atomic E-state index is 0.636. The summed E-state index contributed by atoms with van der Waals surface area (Å²) in [5.74, 6) is 0.686. The van der Waals surface area contributed by atoms with E-state index in [9.17, 15) is 4.79 Å². The number of carbonyl (C=O) groups excluding carboxylic acids is 1. The molecule has 0 aliphatic carbocycles. The second-order valence-corrected chi connectivity index (χ2v) is 3.08. The second-order valence-electron chi connectivity index (χ2n) is 3.08. The maximum Gasteiger partial charge on any atom is 0.167 e. The number of hydrogen-bond donors (Lipinski definition) is 0. The van der Waals surface area contributed by atoms with Gasteiger partial charge in [-0.25, -0.2) is 0 Å². The molecule has 0 N–H and O–H groups in total. The van der Waals surface area contributed by atoms with E-state index in [-0.39, 0.29) is 0 Å². The van der Waals surface area contributed by atoms with E-state index in [1.54, 1.807) is 12.1 Å². The molecule has 0 bridgehead atoms. The van der Waals surface area contributed by atoms with Gasteiger partial charge < -0.3 is 4.52 Å². The molecule has 3 nitrogen and oxygen atoms in total. The van der Waals surface area contributed by atoms with Crippen LogP contribution in [0.2, 0.25) is 0 Å². The van der Waals surface area contributed by atoms with Gasteiger partial charge in [-0.15, -0.1) is 0 Å². The van der Waals surface area contributed by atoms with Crippen molar-refractivity contribution >= 4 is 6.29 Å². The fraction of sp³-hybridized carbons (Fsp3) is 0.0909. The number of benzene rings is 1. The summed E-state index contributed by atoms with van der Waals surface area (Å²) in [6, 6.07) is 9.06. The van der Waals surface area contributed by atoms with Crippen molar-refractivity contribution in [2.45, 2.75) is 6.92 Å². The van der Waals surface area contributed by atoms with Crippen molar-refractivity contribution < 1.29 is 9.32 Å². The highest BCUT2D eigenvalue weighted by molar-refractivity contribution is 5.77. The van der Waals surface area contributed by atoms with Gasteiger partial charge in [0, 0.05) is 17.2 Å². The summed E-state index contributed by atoms with van der Waals surface area (Å²) < 4.78 is 5.08. The number of aldehydes is 1. The van der Waals surface area contributed by atoms with Crippen molar-refractivity contribution in [2.75, 3.05) is 0 Å². The average Bonchev–Trinajstić information content (AvgIpc) is 2.65. The Morgan fingerprint density at radius 2 is 2.21 bits per heavy atom. The first-order chi connectivity index (χ1) is 6.79. The molecule has 14 heavy (non-hydrogen) atoms. The molecule has 1 heterocycles. The Balaban J connectivity index is 2.46. The smallest absolute Gasteiger partial charge is 0.167 e. The van der Waals surface area contributed by atoms with Crippen LogP contribution < -0.4 is 0 Å². The van der Waals surface area contributed by atoms with Crippen LogP contribution in [0.25, 0.3) is 11.3 Å². The van der Waals surface area contributed by atoms with Gasteiger partial charge >= 0.3 is 0 Å². The van der Waals surface area contributed by atoms with Crippen molar-refractivity contribution in [3.05, 3.63) is 41.6 Å². The van der Waals surface area contributed by atoms with Crippen LogP contribution in [0.15, 0.2) is 34.9 Å². The van der Waals surface area contributed by atoms with Gasteiger partial charge in [-0.05, 0) is 13.0 Å². The first-order valence-electron chi connectivity index (χ1n) is 4.28. The average molecular weight is 187 g/mol. The highest BCUT2D eigenvalue weighted by Crippen LogP contribution is 2.20. The summed E-state index contributed by atoms with van der Waals surface area (Å²) in [4.78, 5) is 10.5. The van der Waals surface area contributed by atoms with Gasteiger partial charge in [0.15, 0.2) is 5.76 Å². The van der Waals surface area contributed by atoms with Crippen molar-refractivity contribution in [2.24, 2.45) is 0 Å². The lowest BCUT2D eigenvalue weighted by molar-refractivity contribution is 0.112. The molecule has 0 fully saturated rings. The molecule has 0 saturated heterocycles. The van der Waals surface area contributed by atoms with Crippen molar-refractivity contribution in [3.63, 3.8) is 0 Å². The van der Waals surface area contributed by atoms with E-state index in [1.165, 1.54) is 0 Å². The number of aryl methyl sites for hydroxylation is 1. The van der Waals surface area contributed by atoms with Crippen LogP contribution >= 0.6 is 0 Å². The first kappa shape index (κ1) is 8.69. The number of aromatic nitrogens is 1. The van der Waals surface area contributed by atoms with Crippen LogP contribution in [0, 0.1) is 6.92 Å². The fourth-order valence-corrected chi connectivity index (χ4v) is 1.26. The van der Waals surface area contributed by atoms with Crippen LogP contribution in [-0.4, -0.2) is 11.4 Å². The van der Waals surface area contributed by atoms with Gasteiger partial charge in [0.05, 0.1) is 5.69 Å². The summed E-state index contributed by atoms with van der Waals surface area (Å²) in [5.41, 5.74) is 2.34. The predicted molar refractivity (Wildman–Crippen MR) is 52.1 cm³/mol. The monoisotopic (exact) mass is 187 g/mol. The Labute approximate surface area is 81.3 Å². The van der Waals surface area contributed by atoms with E-state index < -0.39 is 0 Å². The lowest BCUT2D eigenvalue weighted by Gasteiger charge is -1.95. The molecule has 0 aliphatic rings. The number of carbonyl (C=O) groups is 1. The molecular formula is C11H9NO2. The van der Waals surface area contributed by atoms with Gasteiger partial charge in [-0.1, -0.05) is 23.4 Å². The topological polar surface area (TPSA) is 43.1 Å². The molecule has 0 aliphatic heterocycles. The summed E-state index contributed by atoms with van der Waals surface area (Å²) in [6.07, 6.45) is 0.812. The van der Waals surface area contributed by atoms with Crippen LogP contribution in [0.1, 0.15) is 16.1 Å². The quantitative estimate of drug-likeness (QED) is 0.678. The maximum atomic E-state index is 10.5. The molecule has 1 aromatic carbocycles. The Kier molecular flexibility index (Phi) is 2.14. The van der Waals surface area contributed by atoms with E-state index in [0.29, 0.717) is 11.3 Å². The Hall–Kier alpha value is -1.90. The third kappa shape index (κ3) is 1.57. The van der Waals surface area contributed by atoms with Gasteiger partial charge in [0.2, 0.25) is 0 Å². The lowest BCUT2D eigenvalue weighted by atomic mass is 10.1. The van der Waals surface area contributed by atoms with Crippen LogP contribution in [0.3, 0.4) is 0 Å². The summed E-state index contributed by atoms with van der Waals surface area (Å²) in [5, 5.41) is 3.79. The highest BCUT2D eigenvalue weighted by Gasteiger charge is 2.03. The number of rotatable bonds is 2. The zero-order valence-electron chi connectivity index (χ0n) is 7.73. The van der Waals surface area contributed by atoms with Crippen LogP contribution in [0.5, 0.6) is 0 Å². The predicted octanol–water partition coefficient (Wildman–Crippen LogP) is 2.46. The Bertz CT molecular complexity index is 460. The highest BCUT2D eigenvalue weighted by atomic mass is 16.5. The van der Waals surface area contributed by atoms with E-state index in [4.69, 9.17) is 4.52 Å². The third-order valence-electron chi connectivity index (χ3n) is 1.94. The summed E-state index contributed by atoms with van der Waals surface area (Å²) in [6.45, 7) is 1.86. The van der Waals surface area contributed by atoms with E-state index >= 15 is 0 Å². The molecule has 0 saturated carbocycles. The molecule has 1 aromatic heterocycles. The molecule has 0 atom stereocenters. The maximum absolute atomic E-state index is 10.5. The number of nitrogens with zero attached hydrogens (tertiary/aromatic N) is 1. The molecular weight excluding hydrogens is 178 g/mol. The largest absolute Gasteiger partial charge is 0.356 e. The molecule has 0 radical (unpaired) electrons. The van der Waals surface area contributed by atoms with Gasteiger partial charge in [-0.3, -0.25) is 4.79 Å². The van der Waals surface area contributed by atoms with Crippen LogP contribution in [0.4, 0.5) is 0 Å². The van der Waals surface area contributed by atoms with Gasteiger partial charge in [0.1, 0.15) is 6.29 Å². The van der Waals surface area contributed by atoms with E-state index in [1.807, 2.05) is 25.1 Å². The molecule has 70 valence electrons. The normalized spacial score (nSPS) is 10.1. The zero-order valence-corrected chi connectivity index (χ0v) is 7.73.